The smallest absolute Gasteiger partial charge is 0.210 e. The second kappa shape index (κ2) is 9.43. The molecule has 0 radical (unpaired) electrons. The predicted molar refractivity (Wildman–Crippen MR) is 143 cm³/mol. The van der Waals surface area contributed by atoms with Gasteiger partial charge in [-0.25, -0.2) is 15.0 Å². The highest BCUT2D eigenvalue weighted by molar-refractivity contribution is 5.89. The molecule has 9 heteroatoms. The van der Waals surface area contributed by atoms with E-state index in [0.717, 1.165) is 60.2 Å². The first kappa shape index (κ1) is 22.2. The van der Waals surface area contributed by atoms with Gasteiger partial charge in [0.15, 0.2) is 17.0 Å². The van der Waals surface area contributed by atoms with Crippen LogP contribution in [0.3, 0.4) is 0 Å². The van der Waals surface area contributed by atoms with Gasteiger partial charge in [-0.1, -0.05) is 6.07 Å². The van der Waals surface area contributed by atoms with E-state index in [4.69, 9.17) is 9.72 Å². The molecule has 2 N–H and O–H groups in total. The summed E-state index contributed by atoms with van der Waals surface area (Å²) in [6, 6.07) is 18.6. The van der Waals surface area contributed by atoms with Crippen LogP contribution in [0.5, 0.6) is 0 Å². The zero-order valence-electron chi connectivity index (χ0n) is 20.3. The molecule has 9 nitrogen and oxygen atoms in total. The molecule has 1 fully saturated rings. The van der Waals surface area contributed by atoms with Gasteiger partial charge >= 0.3 is 0 Å². The van der Waals surface area contributed by atoms with Crippen LogP contribution in [0, 0.1) is 0 Å². The predicted octanol–water partition coefficient (Wildman–Crippen LogP) is 5.28. The third-order valence-electron chi connectivity index (χ3n) is 6.36. The van der Waals surface area contributed by atoms with Crippen molar-refractivity contribution in [1.82, 2.24) is 24.5 Å². The van der Waals surface area contributed by atoms with Crippen molar-refractivity contribution >= 4 is 50.9 Å². The second-order valence-corrected chi connectivity index (χ2v) is 9.10. The van der Waals surface area contributed by atoms with Crippen LogP contribution in [0.15, 0.2) is 67.1 Å². The number of imidazole rings is 1. The van der Waals surface area contributed by atoms with E-state index in [-0.39, 0.29) is 6.04 Å². The van der Waals surface area contributed by atoms with E-state index in [1.165, 1.54) is 5.69 Å². The molecule has 5 aromatic rings. The lowest BCUT2D eigenvalue weighted by atomic mass is 10.2. The number of ether oxygens (including phenoxy) is 1. The molecule has 4 heterocycles. The van der Waals surface area contributed by atoms with Crippen LogP contribution in [-0.2, 0) is 4.74 Å². The van der Waals surface area contributed by atoms with Crippen molar-refractivity contribution in [3.63, 3.8) is 0 Å². The summed E-state index contributed by atoms with van der Waals surface area (Å²) >= 11 is 0. The van der Waals surface area contributed by atoms with Crippen molar-refractivity contribution in [3.8, 4) is 0 Å². The van der Waals surface area contributed by atoms with Crippen LogP contribution in [0.1, 0.15) is 19.9 Å². The van der Waals surface area contributed by atoms with E-state index in [9.17, 15) is 0 Å². The maximum atomic E-state index is 5.46. The lowest BCUT2D eigenvalue weighted by Crippen LogP contribution is -2.36. The highest BCUT2D eigenvalue weighted by Crippen LogP contribution is 2.31. The summed E-state index contributed by atoms with van der Waals surface area (Å²) in [5.41, 5.74) is 5.53. The Morgan fingerprint density at radius 3 is 2.50 bits per heavy atom. The molecule has 1 aliphatic heterocycles. The fourth-order valence-electron chi connectivity index (χ4n) is 4.57. The molecule has 2 aromatic carbocycles. The van der Waals surface area contributed by atoms with E-state index in [2.05, 4.69) is 85.3 Å². The van der Waals surface area contributed by atoms with Crippen LogP contribution < -0.4 is 15.5 Å². The van der Waals surface area contributed by atoms with Gasteiger partial charge in [0.1, 0.15) is 6.33 Å². The summed E-state index contributed by atoms with van der Waals surface area (Å²) in [5.74, 6) is 1.39. The summed E-state index contributed by atoms with van der Waals surface area (Å²) < 4.78 is 7.56. The summed E-state index contributed by atoms with van der Waals surface area (Å²) in [7, 11) is 0. The zero-order valence-corrected chi connectivity index (χ0v) is 20.3. The molecule has 6 rings (SSSR count). The summed E-state index contributed by atoms with van der Waals surface area (Å²) in [6.45, 7) is 7.60. The molecule has 0 aliphatic carbocycles. The third kappa shape index (κ3) is 4.29. The standard InChI is InChI=1S/C27H28N8O/c1-18(2)35-26-24(33-27(35)32-21-7-10-23-19(16-21)4-3-11-28-23)25(29-17-30-26)31-20-5-8-22(9-6-20)34-12-14-36-15-13-34/h3-11,16-18H,12-15H2,1-2H3,(H,32,33)(H,29,30,31). The van der Waals surface area contributed by atoms with Gasteiger partial charge < -0.3 is 20.3 Å². The minimum absolute atomic E-state index is 0.148. The maximum Gasteiger partial charge on any atom is 0.210 e. The Labute approximate surface area is 209 Å². The minimum atomic E-state index is 0.148. The molecular formula is C27H28N8O. The Hall–Kier alpha value is -4.24. The number of anilines is 5. The Balaban J connectivity index is 1.31. The highest BCUT2D eigenvalue weighted by atomic mass is 16.5. The topological polar surface area (TPSA) is 93.0 Å². The minimum Gasteiger partial charge on any atom is -0.378 e. The van der Waals surface area contributed by atoms with Crippen molar-refractivity contribution in [1.29, 1.82) is 0 Å². The molecule has 36 heavy (non-hydrogen) atoms. The number of hydrogen-bond acceptors (Lipinski definition) is 8. The van der Waals surface area contributed by atoms with Gasteiger partial charge in [-0.3, -0.25) is 9.55 Å². The Bertz CT molecular complexity index is 1510. The van der Waals surface area contributed by atoms with Gasteiger partial charge in [0.2, 0.25) is 5.95 Å². The van der Waals surface area contributed by atoms with Crippen LogP contribution in [-0.4, -0.2) is 50.8 Å². The first-order valence-electron chi connectivity index (χ1n) is 12.2. The largest absolute Gasteiger partial charge is 0.378 e. The number of rotatable bonds is 6. The fraction of sp³-hybridized carbons (Fsp3) is 0.259. The molecule has 0 unspecified atom stereocenters. The SMILES string of the molecule is CC(C)n1c(Nc2ccc3ncccc3c2)nc2c(Nc3ccc(N4CCOCC4)cc3)ncnc21. The Kier molecular flexibility index (Phi) is 5.82. The number of nitrogens with zero attached hydrogens (tertiary/aromatic N) is 6. The average molecular weight is 481 g/mol. The number of hydrogen-bond donors (Lipinski definition) is 2. The normalized spacial score (nSPS) is 14.0. The van der Waals surface area contributed by atoms with Crippen LogP contribution in [0.25, 0.3) is 22.1 Å². The lowest BCUT2D eigenvalue weighted by Gasteiger charge is -2.28. The maximum absolute atomic E-state index is 5.46. The van der Waals surface area contributed by atoms with Crippen molar-refractivity contribution in [3.05, 3.63) is 67.1 Å². The number of benzene rings is 2. The first-order chi connectivity index (χ1) is 17.7. The van der Waals surface area contributed by atoms with Gasteiger partial charge in [-0.05, 0) is 62.4 Å². The molecule has 0 spiro atoms. The molecular weight excluding hydrogens is 452 g/mol. The van der Waals surface area contributed by atoms with Crippen LogP contribution >= 0.6 is 0 Å². The first-order valence-corrected chi connectivity index (χ1v) is 12.2. The monoisotopic (exact) mass is 480 g/mol. The zero-order chi connectivity index (χ0) is 24.5. The number of pyridine rings is 1. The van der Waals surface area contributed by atoms with E-state index in [1.807, 2.05) is 18.2 Å². The van der Waals surface area contributed by atoms with E-state index >= 15 is 0 Å². The van der Waals surface area contributed by atoms with Gasteiger partial charge in [0, 0.05) is 47.8 Å². The highest BCUT2D eigenvalue weighted by Gasteiger charge is 2.19. The Morgan fingerprint density at radius 2 is 1.69 bits per heavy atom. The number of fused-ring (bicyclic) bond motifs is 2. The van der Waals surface area contributed by atoms with E-state index in [1.54, 1.807) is 12.5 Å². The quantitative estimate of drug-likeness (QED) is 0.339. The number of aromatic nitrogens is 5. The molecule has 1 saturated heterocycles. The molecule has 0 saturated carbocycles. The number of nitrogens with one attached hydrogen (secondary N) is 2. The summed E-state index contributed by atoms with van der Waals surface area (Å²) in [5, 5.41) is 7.99. The molecule has 0 amide bonds. The Morgan fingerprint density at radius 1 is 0.889 bits per heavy atom. The van der Waals surface area contributed by atoms with Crippen LogP contribution in [0.4, 0.5) is 28.8 Å². The molecule has 1 aliphatic rings. The van der Waals surface area contributed by atoms with Crippen LogP contribution in [0.2, 0.25) is 0 Å². The van der Waals surface area contributed by atoms with Crippen molar-refractivity contribution in [2.24, 2.45) is 0 Å². The molecule has 0 bridgehead atoms. The third-order valence-corrected chi connectivity index (χ3v) is 6.36. The second-order valence-electron chi connectivity index (χ2n) is 9.10. The van der Waals surface area contributed by atoms with Gasteiger partial charge in [0.05, 0.1) is 18.7 Å². The van der Waals surface area contributed by atoms with Gasteiger partial charge in [0.25, 0.3) is 0 Å². The average Bonchev–Trinajstić information content (AvgIpc) is 3.29. The lowest BCUT2D eigenvalue weighted by molar-refractivity contribution is 0.122. The molecule has 0 atom stereocenters. The van der Waals surface area contributed by atoms with Gasteiger partial charge in [-0.2, -0.15) is 0 Å². The summed E-state index contributed by atoms with van der Waals surface area (Å²) in [6.07, 6.45) is 3.38. The van der Waals surface area contributed by atoms with Gasteiger partial charge in [-0.15, -0.1) is 0 Å². The fourth-order valence-corrected chi connectivity index (χ4v) is 4.57. The van der Waals surface area contributed by atoms with Crippen molar-refractivity contribution < 1.29 is 4.74 Å². The van der Waals surface area contributed by atoms with Crippen molar-refractivity contribution in [2.45, 2.75) is 19.9 Å². The summed E-state index contributed by atoms with van der Waals surface area (Å²) in [4.78, 5) is 20.8. The number of morpholine rings is 1. The van der Waals surface area contributed by atoms with Crippen molar-refractivity contribution in [2.75, 3.05) is 41.8 Å². The molecule has 182 valence electrons. The molecule has 3 aromatic heterocycles. The van der Waals surface area contributed by atoms with E-state index in [0.29, 0.717) is 11.3 Å². The van der Waals surface area contributed by atoms with E-state index < -0.39 is 0 Å².